The second-order valence-electron chi connectivity index (χ2n) is 11.0. The molecule has 1 aromatic rings. The number of aliphatic hydroxyl groups is 1. The van der Waals surface area contributed by atoms with Crippen molar-refractivity contribution >= 4 is 11.8 Å². The maximum Gasteiger partial charge on any atom is 0.243 e. The Kier molecular flexibility index (Phi) is 3.97. The fourth-order valence-electron chi connectivity index (χ4n) is 8.76. The van der Waals surface area contributed by atoms with Crippen molar-refractivity contribution in [3.63, 3.8) is 0 Å². The van der Waals surface area contributed by atoms with Gasteiger partial charge >= 0.3 is 0 Å². The summed E-state index contributed by atoms with van der Waals surface area (Å²) in [6.45, 7) is 4.29. The van der Waals surface area contributed by atoms with Crippen molar-refractivity contribution in [2.75, 3.05) is 6.54 Å². The van der Waals surface area contributed by atoms with Crippen LogP contribution in [0.1, 0.15) is 38.8 Å². The molecule has 5 fully saturated rings. The van der Waals surface area contributed by atoms with Gasteiger partial charge in [-0.3, -0.25) is 9.59 Å². The Morgan fingerprint density at radius 1 is 1.20 bits per heavy atom. The first-order chi connectivity index (χ1) is 14.4. The van der Waals surface area contributed by atoms with Gasteiger partial charge in [0, 0.05) is 31.3 Å². The summed E-state index contributed by atoms with van der Waals surface area (Å²) in [6, 6.07) is -0.668. The van der Waals surface area contributed by atoms with E-state index in [2.05, 4.69) is 20.6 Å². The third-order valence-corrected chi connectivity index (χ3v) is 9.29. The summed E-state index contributed by atoms with van der Waals surface area (Å²) in [5, 5.41) is 17.7. The monoisotopic (exact) mass is 412 g/mol. The van der Waals surface area contributed by atoms with Gasteiger partial charge in [0.05, 0.1) is 11.9 Å². The van der Waals surface area contributed by atoms with E-state index in [0.29, 0.717) is 54.9 Å². The van der Waals surface area contributed by atoms with E-state index in [4.69, 9.17) is 0 Å². The Balaban J connectivity index is 1.15. The molecule has 5 aliphatic carbocycles. The zero-order valence-electron chi connectivity index (χ0n) is 17.7. The third-order valence-electron chi connectivity index (χ3n) is 9.29. The van der Waals surface area contributed by atoms with Crippen LogP contribution in [0, 0.1) is 53.3 Å². The second kappa shape index (κ2) is 6.31. The fraction of sp³-hybridized carbons (Fsp3) is 0.783. The molecule has 2 amide bonds. The van der Waals surface area contributed by atoms with E-state index in [0.717, 1.165) is 17.5 Å². The quantitative estimate of drug-likeness (QED) is 0.513. The average Bonchev–Trinajstić information content (AvgIpc) is 3.36. The summed E-state index contributed by atoms with van der Waals surface area (Å²) in [6.07, 6.45) is 6.62. The van der Waals surface area contributed by atoms with E-state index < -0.39 is 11.6 Å². The molecule has 1 aromatic heterocycles. The van der Waals surface area contributed by atoms with Crippen LogP contribution in [0.4, 0.5) is 0 Å². The van der Waals surface area contributed by atoms with Gasteiger partial charge in [0.25, 0.3) is 0 Å². The highest BCUT2D eigenvalue weighted by molar-refractivity contribution is 5.88. The number of nitrogens with zero attached hydrogens (tertiary/aromatic N) is 1. The summed E-state index contributed by atoms with van der Waals surface area (Å²) in [7, 11) is 0. The lowest BCUT2D eigenvalue weighted by Crippen LogP contribution is -2.60. The largest absolute Gasteiger partial charge is 0.387 e. The summed E-state index contributed by atoms with van der Waals surface area (Å²) in [5.74, 6) is 5.10. The van der Waals surface area contributed by atoms with Crippen LogP contribution in [0.25, 0.3) is 0 Å². The molecule has 6 rings (SSSR count). The van der Waals surface area contributed by atoms with E-state index >= 15 is 0 Å². The van der Waals surface area contributed by atoms with Crippen molar-refractivity contribution in [2.24, 2.45) is 53.3 Å². The lowest BCUT2D eigenvalue weighted by atomic mass is 9.56. The summed E-state index contributed by atoms with van der Waals surface area (Å²) in [5.41, 5.74) is 0.0557. The molecule has 10 unspecified atom stereocenters. The number of carbonyl (C=O) groups excluding carboxylic acids is 2. The lowest BCUT2D eigenvalue weighted by Gasteiger charge is -2.51. The van der Waals surface area contributed by atoms with Crippen molar-refractivity contribution in [1.29, 1.82) is 0 Å². The molecule has 1 heterocycles. The van der Waals surface area contributed by atoms with Gasteiger partial charge in [0.1, 0.15) is 6.04 Å². The molecule has 2 bridgehead atoms. The Labute approximate surface area is 176 Å². The van der Waals surface area contributed by atoms with E-state index in [1.165, 1.54) is 12.8 Å². The fourth-order valence-corrected chi connectivity index (χ4v) is 8.76. The molecule has 0 aliphatic heterocycles. The molecule has 0 saturated heterocycles. The summed E-state index contributed by atoms with van der Waals surface area (Å²) < 4.78 is 0. The predicted molar refractivity (Wildman–Crippen MR) is 109 cm³/mol. The molecular weight excluding hydrogens is 380 g/mol. The highest BCUT2D eigenvalue weighted by Crippen LogP contribution is 2.85. The van der Waals surface area contributed by atoms with Gasteiger partial charge in [-0.15, -0.1) is 0 Å². The number of nitrogens with one attached hydrogen (secondary N) is 3. The topological polar surface area (TPSA) is 107 Å². The third kappa shape index (κ3) is 2.38. The van der Waals surface area contributed by atoms with Crippen molar-refractivity contribution in [3.8, 4) is 0 Å². The minimum atomic E-state index is -0.749. The lowest BCUT2D eigenvalue weighted by molar-refractivity contribution is -0.139. The number of fused-ring (bicyclic) bond motifs is 2. The number of aromatic amines is 1. The van der Waals surface area contributed by atoms with E-state index in [1.807, 2.05) is 13.8 Å². The number of hydrogen-bond donors (Lipinski definition) is 4. The normalized spacial score (nSPS) is 44.5. The molecule has 0 radical (unpaired) electrons. The molecule has 162 valence electrons. The average molecular weight is 413 g/mol. The number of hydrogen-bond acceptors (Lipinski definition) is 4. The van der Waals surface area contributed by atoms with Crippen molar-refractivity contribution in [2.45, 2.75) is 51.2 Å². The van der Waals surface area contributed by atoms with Crippen molar-refractivity contribution in [1.82, 2.24) is 20.6 Å². The first-order valence-electron chi connectivity index (χ1n) is 11.6. The van der Waals surface area contributed by atoms with Crippen LogP contribution in [-0.4, -0.2) is 45.1 Å². The van der Waals surface area contributed by atoms with Gasteiger partial charge in [0.15, 0.2) is 0 Å². The van der Waals surface area contributed by atoms with E-state index in [1.54, 1.807) is 12.5 Å². The first-order valence-corrected chi connectivity index (χ1v) is 11.6. The molecule has 30 heavy (non-hydrogen) atoms. The van der Waals surface area contributed by atoms with Gasteiger partial charge in [-0.1, -0.05) is 13.8 Å². The van der Waals surface area contributed by atoms with Crippen LogP contribution in [0.3, 0.4) is 0 Å². The Hall–Kier alpha value is -1.89. The van der Waals surface area contributed by atoms with E-state index in [9.17, 15) is 14.7 Å². The Morgan fingerprint density at radius 2 is 1.97 bits per heavy atom. The number of aromatic nitrogens is 2. The number of carbonyl (C=O) groups is 2. The van der Waals surface area contributed by atoms with Crippen molar-refractivity contribution < 1.29 is 14.7 Å². The smallest absolute Gasteiger partial charge is 0.243 e. The van der Waals surface area contributed by atoms with Gasteiger partial charge in [-0.2, -0.15) is 0 Å². The molecule has 5 saturated carbocycles. The minimum Gasteiger partial charge on any atom is -0.387 e. The molecule has 0 aromatic carbocycles. The van der Waals surface area contributed by atoms with E-state index in [-0.39, 0.29) is 17.7 Å². The highest BCUT2D eigenvalue weighted by atomic mass is 16.3. The van der Waals surface area contributed by atoms with Crippen LogP contribution in [0.5, 0.6) is 0 Å². The van der Waals surface area contributed by atoms with Crippen LogP contribution < -0.4 is 10.6 Å². The minimum absolute atomic E-state index is 0.121. The first kappa shape index (κ1) is 18.8. The predicted octanol–water partition coefficient (Wildman–Crippen LogP) is 1.11. The Morgan fingerprint density at radius 3 is 2.70 bits per heavy atom. The molecule has 7 nitrogen and oxygen atoms in total. The Bertz CT molecular complexity index is 864. The standard InChI is InChI=1S/C23H32N4O3/c1-10(2)3-17(28)27-16(4-11-7-24-9-26-11)22(29)25-8-23(30)20-13-6-14-18-12(13)5-15(20)19(18)21(14)23/h7,9-10,12-16,18-21,30H,3-6,8H2,1-2H3,(H,24,26)(H,25,29)(H,27,28). The molecule has 5 aliphatic rings. The molecular formula is C23H32N4O3. The zero-order valence-corrected chi connectivity index (χ0v) is 17.7. The summed E-state index contributed by atoms with van der Waals surface area (Å²) >= 11 is 0. The van der Waals surface area contributed by atoms with Gasteiger partial charge in [-0.25, -0.2) is 4.98 Å². The SMILES string of the molecule is CC(C)CC(=O)NC(Cc1cnc[nH]1)C(=O)NCC1(O)C2C3CC4C5C3CC2C5C41. The molecule has 0 spiro atoms. The summed E-state index contributed by atoms with van der Waals surface area (Å²) in [4.78, 5) is 32.5. The van der Waals surface area contributed by atoms with Gasteiger partial charge in [-0.05, 0) is 66.1 Å². The molecule has 10 atom stereocenters. The van der Waals surface area contributed by atoms with Crippen LogP contribution in [0.15, 0.2) is 12.5 Å². The van der Waals surface area contributed by atoms with Crippen LogP contribution in [-0.2, 0) is 16.0 Å². The van der Waals surface area contributed by atoms with Gasteiger partial charge in [0.2, 0.25) is 11.8 Å². The highest BCUT2D eigenvalue weighted by Gasteiger charge is 2.84. The maximum absolute atomic E-state index is 13.1. The van der Waals surface area contributed by atoms with Crippen LogP contribution in [0.2, 0.25) is 0 Å². The second-order valence-corrected chi connectivity index (χ2v) is 11.0. The maximum atomic E-state index is 13.1. The zero-order chi connectivity index (χ0) is 20.8. The van der Waals surface area contributed by atoms with Crippen molar-refractivity contribution in [3.05, 3.63) is 18.2 Å². The number of amides is 2. The number of imidazole rings is 1. The number of rotatable bonds is 8. The molecule has 4 N–H and O–H groups in total. The van der Waals surface area contributed by atoms with Crippen LogP contribution >= 0.6 is 0 Å². The molecule has 7 heteroatoms. The van der Waals surface area contributed by atoms with Gasteiger partial charge < -0.3 is 20.7 Å². The number of H-pyrrole nitrogens is 1.